The Balaban J connectivity index is 2.00. The third kappa shape index (κ3) is 7.67. The monoisotopic (exact) mass is 532 g/mol. The molecule has 0 radical (unpaired) electrons. The van der Waals surface area contributed by atoms with Crippen LogP contribution in [0.15, 0.2) is 34.9 Å². The van der Waals surface area contributed by atoms with Crippen LogP contribution < -0.4 is 0 Å². The molecule has 2 aliphatic rings. The number of carbonyl (C=O) groups is 2. The van der Waals surface area contributed by atoms with Crippen LogP contribution in [0, 0.1) is 22.7 Å². The van der Waals surface area contributed by atoms with Crippen molar-refractivity contribution in [1.82, 2.24) is 0 Å². The van der Waals surface area contributed by atoms with Crippen LogP contribution in [0.3, 0.4) is 0 Å². The SMILES string of the molecule is CC(=O)O[C@@]1(C)CC[C@H](O)C(C)(C)[C@@H]1CCC(C)=CC[C@@H](O)C=C(C)[C@@H](O)C[C@@H]1C(C)=CCC(=O)C1(C)C. The number of rotatable bonds is 10. The number of carbonyl (C=O) groups excluding carboxylic acids is 2. The highest BCUT2D eigenvalue weighted by molar-refractivity contribution is 5.87. The summed E-state index contributed by atoms with van der Waals surface area (Å²) in [5, 5.41) is 32.2. The predicted octanol–water partition coefficient (Wildman–Crippen LogP) is 5.84. The number of hydrogen-bond donors (Lipinski definition) is 3. The molecule has 0 spiro atoms. The Morgan fingerprint density at radius 3 is 2.39 bits per heavy atom. The fourth-order valence-corrected chi connectivity index (χ4v) is 6.71. The normalized spacial score (nSPS) is 31.4. The van der Waals surface area contributed by atoms with Crippen molar-refractivity contribution in [3.63, 3.8) is 0 Å². The zero-order valence-electron chi connectivity index (χ0n) is 25.1. The first kappa shape index (κ1) is 32.5. The smallest absolute Gasteiger partial charge is 0.303 e. The molecule has 0 amide bonds. The number of hydrogen-bond acceptors (Lipinski definition) is 6. The minimum Gasteiger partial charge on any atom is -0.459 e. The highest BCUT2D eigenvalue weighted by Gasteiger charge is 2.52. The summed E-state index contributed by atoms with van der Waals surface area (Å²) in [7, 11) is 0. The number of aliphatic hydroxyl groups excluding tert-OH is 3. The molecule has 0 unspecified atom stereocenters. The molecule has 216 valence electrons. The van der Waals surface area contributed by atoms with Crippen molar-refractivity contribution in [3.8, 4) is 0 Å². The second-order valence-corrected chi connectivity index (χ2v) is 13.2. The Hall–Kier alpha value is -1.76. The number of ketones is 1. The lowest BCUT2D eigenvalue weighted by molar-refractivity contribution is -0.188. The molecule has 38 heavy (non-hydrogen) atoms. The van der Waals surface area contributed by atoms with E-state index in [9.17, 15) is 24.9 Å². The van der Waals surface area contributed by atoms with Crippen LogP contribution in [0.5, 0.6) is 0 Å². The molecule has 0 saturated heterocycles. The predicted molar refractivity (Wildman–Crippen MR) is 151 cm³/mol. The van der Waals surface area contributed by atoms with E-state index in [0.29, 0.717) is 37.7 Å². The van der Waals surface area contributed by atoms with Crippen LogP contribution >= 0.6 is 0 Å². The molecular weight excluding hydrogens is 480 g/mol. The zero-order valence-corrected chi connectivity index (χ0v) is 25.1. The largest absolute Gasteiger partial charge is 0.459 e. The van der Waals surface area contributed by atoms with E-state index < -0.39 is 29.3 Å². The summed E-state index contributed by atoms with van der Waals surface area (Å²) in [5.74, 6) is -0.126. The lowest BCUT2D eigenvalue weighted by atomic mass is 9.58. The highest BCUT2D eigenvalue weighted by atomic mass is 16.6. The fraction of sp³-hybridized carbons (Fsp3) is 0.750. The zero-order chi connectivity index (χ0) is 29.1. The molecule has 1 fully saturated rings. The number of aliphatic hydroxyl groups is 3. The van der Waals surface area contributed by atoms with Crippen LogP contribution in [0.4, 0.5) is 0 Å². The molecule has 0 aromatic rings. The van der Waals surface area contributed by atoms with Crippen molar-refractivity contribution >= 4 is 11.8 Å². The molecule has 2 aliphatic carbocycles. The summed E-state index contributed by atoms with van der Waals surface area (Å²) >= 11 is 0. The molecule has 0 aromatic heterocycles. The van der Waals surface area contributed by atoms with Gasteiger partial charge in [0, 0.05) is 24.7 Å². The highest BCUT2D eigenvalue weighted by Crippen LogP contribution is 2.50. The summed E-state index contributed by atoms with van der Waals surface area (Å²) in [5.41, 5.74) is 1.46. The lowest BCUT2D eigenvalue weighted by Crippen LogP contribution is -2.55. The van der Waals surface area contributed by atoms with Crippen molar-refractivity contribution in [2.24, 2.45) is 22.7 Å². The van der Waals surface area contributed by atoms with Crippen LogP contribution in [-0.4, -0.2) is 51.0 Å². The Morgan fingerprint density at radius 2 is 1.79 bits per heavy atom. The van der Waals surface area contributed by atoms with Gasteiger partial charge in [0.25, 0.3) is 0 Å². The van der Waals surface area contributed by atoms with Gasteiger partial charge >= 0.3 is 5.97 Å². The first-order chi connectivity index (χ1) is 17.4. The molecular formula is C32H52O6. The van der Waals surface area contributed by atoms with Crippen LogP contribution in [0.2, 0.25) is 0 Å². The Kier molecular flexibility index (Phi) is 10.8. The molecule has 0 heterocycles. The van der Waals surface area contributed by atoms with Gasteiger partial charge in [0.2, 0.25) is 0 Å². The summed E-state index contributed by atoms with van der Waals surface area (Å²) in [6.07, 6.45) is 7.91. The van der Waals surface area contributed by atoms with Crippen LogP contribution in [0.1, 0.15) is 107 Å². The van der Waals surface area contributed by atoms with E-state index in [4.69, 9.17) is 4.74 Å². The molecule has 3 N–H and O–H groups in total. The van der Waals surface area contributed by atoms with Gasteiger partial charge in [-0.3, -0.25) is 9.59 Å². The molecule has 0 aromatic carbocycles. The Labute approximate surface area is 230 Å². The third-order valence-electron chi connectivity index (χ3n) is 9.51. The molecule has 2 rings (SSSR count). The van der Waals surface area contributed by atoms with Gasteiger partial charge in [-0.05, 0) is 83.1 Å². The van der Waals surface area contributed by atoms with Gasteiger partial charge in [-0.1, -0.05) is 57.1 Å². The van der Waals surface area contributed by atoms with Gasteiger partial charge in [0.15, 0.2) is 0 Å². The maximum atomic E-state index is 12.4. The van der Waals surface area contributed by atoms with Crippen molar-refractivity contribution in [2.75, 3.05) is 0 Å². The summed E-state index contributed by atoms with van der Waals surface area (Å²) in [6.45, 7) is 17.3. The second-order valence-electron chi connectivity index (χ2n) is 13.2. The van der Waals surface area contributed by atoms with Gasteiger partial charge in [-0.15, -0.1) is 0 Å². The number of allylic oxidation sites excluding steroid dienone is 3. The Bertz CT molecular complexity index is 955. The number of Topliss-reactive ketones (excluding diaryl/α,β-unsaturated/α-hetero) is 1. The standard InChI is InChI=1S/C32H52O6/c1-20(11-14-27-31(7,8)29(37)16-17-32(27,9)38-23(4)33)10-13-24(34)18-22(3)26(35)19-25-21(2)12-15-28(36)30(25,5)6/h10,12,18,24-27,29,34-35,37H,11,13-17,19H2,1-9H3/t24-,25-,26+,27+,29+,32+/m1/s1. The van der Waals surface area contributed by atoms with E-state index in [1.807, 2.05) is 67.5 Å². The first-order valence-corrected chi connectivity index (χ1v) is 14.2. The summed E-state index contributed by atoms with van der Waals surface area (Å²) in [4.78, 5) is 24.2. The molecule has 0 bridgehead atoms. The van der Waals surface area contributed by atoms with Crippen LogP contribution in [0.25, 0.3) is 0 Å². The maximum absolute atomic E-state index is 12.4. The quantitative estimate of drug-likeness (QED) is 0.241. The molecule has 6 heteroatoms. The van der Waals surface area contributed by atoms with E-state index in [1.54, 1.807) is 6.08 Å². The minimum absolute atomic E-state index is 0.00152. The number of esters is 1. The molecule has 0 aliphatic heterocycles. The van der Waals surface area contributed by atoms with Gasteiger partial charge in [0.05, 0.1) is 18.3 Å². The average molecular weight is 533 g/mol. The maximum Gasteiger partial charge on any atom is 0.303 e. The van der Waals surface area contributed by atoms with Crippen molar-refractivity contribution in [2.45, 2.75) is 131 Å². The fourth-order valence-electron chi connectivity index (χ4n) is 6.71. The second kappa shape index (κ2) is 12.6. The Morgan fingerprint density at radius 1 is 1.16 bits per heavy atom. The van der Waals surface area contributed by atoms with E-state index in [1.165, 1.54) is 6.92 Å². The van der Waals surface area contributed by atoms with Gasteiger partial charge in [0.1, 0.15) is 11.4 Å². The van der Waals surface area contributed by atoms with Crippen molar-refractivity contribution < 1.29 is 29.6 Å². The average Bonchev–Trinajstić information content (AvgIpc) is 2.80. The van der Waals surface area contributed by atoms with E-state index in [0.717, 1.165) is 24.0 Å². The van der Waals surface area contributed by atoms with Gasteiger partial charge in [-0.2, -0.15) is 0 Å². The van der Waals surface area contributed by atoms with Crippen LogP contribution in [-0.2, 0) is 14.3 Å². The summed E-state index contributed by atoms with van der Waals surface area (Å²) in [6, 6.07) is 0. The number of ether oxygens (including phenoxy) is 1. The van der Waals surface area contributed by atoms with Crippen molar-refractivity contribution in [1.29, 1.82) is 0 Å². The van der Waals surface area contributed by atoms with E-state index >= 15 is 0 Å². The molecule has 1 saturated carbocycles. The third-order valence-corrected chi connectivity index (χ3v) is 9.51. The minimum atomic E-state index is -0.729. The molecule has 6 atom stereocenters. The summed E-state index contributed by atoms with van der Waals surface area (Å²) < 4.78 is 5.79. The van der Waals surface area contributed by atoms with Crippen molar-refractivity contribution in [3.05, 3.63) is 34.9 Å². The van der Waals surface area contributed by atoms with E-state index in [-0.39, 0.29) is 29.0 Å². The first-order valence-electron chi connectivity index (χ1n) is 14.2. The molecule has 6 nitrogen and oxygen atoms in total. The lowest BCUT2D eigenvalue weighted by Gasteiger charge is -2.52. The van der Waals surface area contributed by atoms with Gasteiger partial charge < -0.3 is 20.1 Å². The van der Waals surface area contributed by atoms with Gasteiger partial charge in [-0.25, -0.2) is 0 Å². The topological polar surface area (TPSA) is 104 Å². The van der Waals surface area contributed by atoms with E-state index in [2.05, 4.69) is 0 Å².